The van der Waals surface area contributed by atoms with Crippen LogP contribution in [0.2, 0.25) is 0 Å². The minimum atomic E-state index is -5.11. The van der Waals surface area contributed by atoms with Crippen molar-refractivity contribution >= 4 is 52.4 Å². The molecule has 12 heteroatoms. The number of ether oxygens (including phenoxy) is 1. The summed E-state index contributed by atoms with van der Waals surface area (Å²) in [5, 5.41) is 0. The molecule has 1 unspecified atom stereocenters. The van der Waals surface area contributed by atoms with Gasteiger partial charge in [0.1, 0.15) is 0 Å². The maximum absolute atomic E-state index is 13.0. The summed E-state index contributed by atoms with van der Waals surface area (Å²) in [6, 6.07) is 0.666. The van der Waals surface area contributed by atoms with Crippen molar-refractivity contribution in [1.82, 2.24) is 0 Å². The minimum absolute atomic E-state index is 0.0778. The second-order valence-electron chi connectivity index (χ2n) is 5.31. The zero-order valence-electron chi connectivity index (χ0n) is 12.7. The van der Waals surface area contributed by atoms with Crippen LogP contribution in [0.1, 0.15) is 30.0 Å². The van der Waals surface area contributed by atoms with Crippen LogP contribution in [0.25, 0.3) is 0 Å². The molecule has 0 bridgehead atoms. The van der Waals surface area contributed by atoms with Gasteiger partial charge in [0.05, 0.1) is 17.0 Å². The molecule has 0 saturated carbocycles. The monoisotopic (exact) mass is 464 g/mol. The largest absolute Gasteiger partial charge is 0.453 e. The van der Waals surface area contributed by atoms with Crippen LogP contribution in [0.5, 0.6) is 0 Å². The molecule has 2 nitrogen and oxygen atoms in total. The van der Waals surface area contributed by atoms with Crippen LogP contribution >= 0.6 is 46.4 Å². The summed E-state index contributed by atoms with van der Waals surface area (Å²) in [5.41, 5.74) is -6.15. The van der Waals surface area contributed by atoms with Crippen LogP contribution in [0.4, 0.5) is 26.3 Å². The number of esters is 1. The van der Waals surface area contributed by atoms with Crippen molar-refractivity contribution in [1.29, 1.82) is 0 Å². The lowest BCUT2D eigenvalue weighted by molar-refractivity contribution is -0.156. The summed E-state index contributed by atoms with van der Waals surface area (Å²) in [6.45, 7) is 0.887. The highest BCUT2D eigenvalue weighted by molar-refractivity contribution is 6.67. The van der Waals surface area contributed by atoms with Gasteiger partial charge in [-0.15, -0.1) is 11.6 Å². The van der Waals surface area contributed by atoms with Crippen molar-refractivity contribution < 1.29 is 35.9 Å². The van der Waals surface area contributed by atoms with E-state index in [0.717, 1.165) is 6.92 Å². The first kappa shape index (κ1) is 23.5. The third-order valence-electron chi connectivity index (χ3n) is 3.15. The van der Waals surface area contributed by atoms with E-state index in [0.29, 0.717) is 12.1 Å². The molecule has 0 aliphatic carbocycles. The molecule has 0 fully saturated rings. The standard InChI is InChI=1S/C14H10Cl4F6O2/c1-7(25)26-11(6-15,5-12(16,17)18)8-2-9(13(19,20)21)4-10(3-8)14(22,23)24/h2-4H,5-6H2,1H3. The smallest absolute Gasteiger partial charge is 0.416 e. The second kappa shape index (κ2) is 7.81. The fourth-order valence-corrected chi connectivity index (χ4v) is 3.12. The molecule has 26 heavy (non-hydrogen) atoms. The number of carbonyl (C=O) groups excluding carboxylic acids is 1. The van der Waals surface area contributed by atoms with E-state index in [2.05, 4.69) is 0 Å². The van der Waals surface area contributed by atoms with E-state index < -0.39 is 56.7 Å². The molecule has 0 radical (unpaired) electrons. The molecular formula is C14H10Cl4F6O2. The molecule has 0 heterocycles. The number of hydrogen-bond acceptors (Lipinski definition) is 2. The maximum Gasteiger partial charge on any atom is 0.416 e. The van der Waals surface area contributed by atoms with Crippen molar-refractivity contribution in [2.45, 2.75) is 35.1 Å². The number of halogens is 10. The van der Waals surface area contributed by atoms with Gasteiger partial charge < -0.3 is 4.74 Å². The van der Waals surface area contributed by atoms with Crippen LogP contribution in [0.15, 0.2) is 18.2 Å². The van der Waals surface area contributed by atoms with Crippen molar-refractivity contribution in [3.63, 3.8) is 0 Å². The van der Waals surface area contributed by atoms with Crippen molar-refractivity contribution in [3.8, 4) is 0 Å². The maximum atomic E-state index is 13.0. The van der Waals surface area contributed by atoms with Gasteiger partial charge in [0, 0.05) is 13.3 Å². The van der Waals surface area contributed by atoms with Gasteiger partial charge in [-0.3, -0.25) is 4.79 Å². The zero-order chi connectivity index (χ0) is 20.6. The van der Waals surface area contributed by atoms with Crippen LogP contribution in [0, 0.1) is 0 Å². The molecule has 0 amide bonds. The molecule has 0 saturated heterocycles. The van der Waals surface area contributed by atoms with E-state index in [1.807, 2.05) is 0 Å². The molecular weight excluding hydrogens is 456 g/mol. The van der Waals surface area contributed by atoms with E-state index in [1.165, 1.54) is 0 Å². The lowest BCUT2D eigenvalue weighted by atomic mass is 9.89. The average molecular weight is 466 g/mol. The molecule has 0 aliphatic heterocycles. The topological polar surface area (TPSA) is 26.3 Å². The molecule has 0 aromatic heterocycles. The van der Waals surface area contributed by atoms with Gasteiger partial charge >= 0.3 is 18.3 Å². The van der Waals surface area contributed by atoms with Crippen molar-refractivity contribution in [2.24, 2.45) is 0 Å². The predicted octanol–water partition coefficient (Wildman–Crippen LogP) is 6.48. The van der Waals surface area contributed by atoms with Gasteiger partial charge in [-0.25, -0.2) is 0 Å². The molecule has 1 aromatic rings. The molecule has 148 valence electrons. The van der Waals surface area contributed by atoms with Gasteiger partial charge in [0.2, 0.25) is 0 Å². The van der Waals surface area contributed by atoms with E-state index in [4.69, 9.17) is 51.1 Å². The van der Waals surface area contributed by atoms with E-state index >= 15 is 0 Å². The van der Waals surface area contributed by atoms with Gasteiger partial charge in [0.15, 0.2) is 9.39 Å². The first-order valence-corrected chi connectivity index (χ1v) is 8.29. The first-order valence-electron chi connectivity index (χ1n) is 6.62. The van der Waals surface area contributed by atoms with Gasteiger partial charge in [-0.1, -0.05) is 34.8 Å². The first-order chi connectivity index (χ1) is 11.5. The molecule has 1 rings (SSSR count). The fraction of sp³-hybridized carbons (Fsp3) is 0.500. The number of rotatable bonds is 4. The summed E-state index contributed by atoms with van der Waals surface area (Å²) in [5.74, 6) is -1.79. The average Bonchev–Trinajstić information content (AvgIpc) is 2.42. The normalized spacial score (nSPS) is 15.5. The Labute approximate surface area is 164 Å². The van der Waals surface area contributed by atoms with Gasteiger partial charge in [-0.2, -0.15) is 26.3 Å². The summed E-state index contributed by atoms with van der Waals surface area (Å²) >= 11 is 22.6. The van der Waals surface area contributed by atoms with E-state index in [1.54, 1.807) is 0 Å². The Morgan fingerprint density at radius 2 is 1.31 bits per heavy atom. The van der Waals surface area contributed by atoms with Crippen molar-refractivity contribution in [2.75, 3.05) is 5.88 Å². The van der Waals surface area contributed by atoms with Crippen molar-refractivity contribution in [3.05, 3.63) is 34.9 Å². The summed E-state index contributed by atoms with van der Waals surface area (Å²) in [7, 11) is 0. The third-order valence-corrected chi connectivity index (χ3v) is 3.99. The highest BCUT2D eigenvalue weighted by atomic mass is 35.6. The SMILES string of the molecule is CC(=O)OC(CCl)(CC(Cl)(Cl)Cl)c1cc(C(F)(F)F)cc(C(F)(F)F)c1. The fourth-order valence-electron chi connectivity index (χ4n) is 2.17. The van der Waals surface area contributed by atoms with Crippen LogP contribution in [-0.2, 0) is 27.5 Å². The number of hydrogen-bond donors (Lipinski definition) is 0. The Balaban J connectivity index is 3.75. The number of benzene rings is 1. The third kappa shape index (κ3) is 6.25. The minimum Gasteiger partial charge on any atom is -0.453 e. The van der Waals surface area contributed by atoms with E-state index in [-0.39, 0.29) is 6.07 Å². The second-order valence-corrected chi connectivity index (χ2v) is 8.09. The lowest BCUT2D eigenvalue weighted by Crippen LogP contribution is -2.38. The Hall–Kier alpha value is -0.570. The molecule has 0 N–H and O–H groups in total. The molecule has 0 spiro atoms. The summed E-state index contributed by atoms with van der Waals surface area (Å²) < 4.78 is 81.0. The predicted molar refractivity (Wildman–Crippen MR) is 85.5 cm³/mol. The summed E-state index contributed by atoms with van der Waals surface area (Å²) in [6.07, 6.45) is -11.0. The van der Waals surface area contributed by atoms with Gasteiger partial charge in [0.25, 0.3) is 0 Å². The number of alkyl halides is 10. The molecule has 0 aliphatic rings. The number of carbonyl (C=O) groups is 1. The Kier molecular flexibility index (Phi) is 7.05. The zero-order valence-corrected chi connectivity index (χ0v) is 15.8. The molecule has 1 aromatic carbocycles. The lowest BCUT2D eigenvalue weighted by Gasteiger charge is -2.35. The van der Waals surface area contributed by atoms with E-state index in [9.17, 15) is 31.1 Å². The highest BCUT2D eigenvalue weighted by Crippen LogP contribution is 2.46. The Bertz CT molecular complexity index is 637. The summed E-state index contributed by atoms with van der Waals surface area (Å²) in [4.78, 5) is 11.4. The quantitative estimate of drug-likeness (QED) is 0.289. The van der Waals surface area contributed by atoms with Gasteiger partial charge in [-0.05, 0) is 23.8 Å². The van der Waals surface area contributed by atoms with Crippen LogP contribution < -0.4 is 0 Å². The molecule has 1 atom stereocenters. The Morgan fingerprint density at radius 1 is 0.923 bits per heavy atom. The van der Waals surface area contributed by atoms with Crippen LogP contribution in [0.3, 0.4) is 0 Å². The van der Waals surface area contributed by atoms with Crippen LogP contribution in [-0.4, -0.2) is 15.6 Å². The Morgan fingerprint density at radius 3 is 1.58 bits per heavy atom. The highest BCUT2D eigenvalue weighted by Gasteiger charge is 2.45.